The van der Waals surface area contributed by atoms with Crippen LogP contribution in [0.15, 0.2) is 34.8 Å². The fourth-order valence-electron chi connectivity index (χ4n) is 2.21. The van der Waals surface area contributed by atoms with Crippen molar-refractivity contribution in [3.8, 4) is 0 Å². The summed E-state index contributed by atoms with van der Waals surface area (Å²) in [5, 5.41) is 8.81. The lowest BCUT2D eigenvalue weighted by atomic mass is 10.2. The van der Waals surface area contributed by atoms with E-state index in [0.29, 0.717) is 6.54 Å². The molecule has 124 valence electrons. The molecular formula is C17H25N5S. The molecular weight excluding hydrogens is 306 g/mol. The zero-order valence-electron chi connectivity index (χ0n) is 14.3. The van der Waals surface area contributed by atoms with Gasteiger partial charge in [0.05, 0.1) is 13.1 Å². The lowest BCUT2D eigenvalue weighted by molar-refractivity contribution is 0.819. The van der Waals surface area contributed by atoms with Crippen molar-refractivity contribution in [3.05, 3.63) is 45.8 Å². The molecule has 0 bridgehead atoms. The first kappa shape index (κ1) is 17.3. The van der Waals surface area contributed by atoms with Crippen molar-refractivity contribution in [2.75, 3.05) is 25.5 Å². The Kier molecular flexibility index (Phi) is 6.40. The molecule has 0 spiro atoms. The van der Waals surface area contributed by atoms with E-state index in [1.54, 1.807) is 11.3 Å². The molecule has 2 N–H and O–H groups in total. The Hall–Kier alpha value is -2.08. The second kappa shape index (κ2) is 8.53. The van der Waals surface area contributed by atoms with Crippen LogP contribution in [0.3, 0.4) is 0 Å². The van der Waals surface area contributed by atoms with Crippen molar-refractivity contribution >= 4 is 23.1 Å². The van der Waals surface area contributed by atoms with E-state index in [4.69, 9.17) is 0 Å². The molecule has 2 aromatic heterocycles. The van der Waals surface area contributed by atoms with Gasteiger partial charge in [0, 0.05) is 37.3 Å². The average molecular weight is 331 g/mol. The summed E-state index contributed by atoms with van der Waals surface area (Å²) in [4.78, 5) is 12.5. The molecule has 6 heteroatoms. The lowest BCUT2D eigenvalue weighted by Crippen LogP contribution is -2.36. The summed E-state index contributed by atoms with van der Waals surface area (Å²) < 4.78 is 0. The maximum Gasteiger partial charge on any atom is 0.191 e. The molecule has 0 unspecified atom stereocenters. The number of anilines is 1. The maximum absolute atomic E-state index is 4.69. The van der Waals surface area contributed by atoms with Gasteiger partial charge in [0.25, 0.3) is 0 Å². The predicted octanol–water partition coefficient (Wildman–Crippen LogP) is 2.77. The van der Waals surface area contributed by atoms with Crippen LogP contribution in [0.1, 0.15) is 22.9 Å². The SMILES string of the molecule is CCNC(=NCc1cccnc1N(C)C)NCc1sccc1C. The number of hydrogen-bond donors (Lipinski definition) is 2. The van der Waals surface area contributed by atoms with Crippen molar-refractivity contribution in [3.63, 3.8) is 0 Å². The van der Waals surface area contributed by atoms with E-state index >= 15 is 0 Å². The van der Waals surface area contributed by atoms with E-state index in [9.17, 15) is 0 Å². The molecule has 0 saturated carbocycles. The summed E-state index contributed by atoms with van der Waals surface area (Å²) in [5.74, 6) is 1.79. The third-order valence-corrected chi connectivity index (χ3v) is 4.45. The number of hydrogen-bond acceptors (Lipinski definition) is 4. The minimum Gasteiger partial charge on any atom is -0.362 e. The van der Waals surface area contributed by atoms with E-state index in [1.165, 1.54) is 10.4 Å². The van der Waals surface area contributed by atoms with Crippen LogP contribution in [-0.2, 0) is 13.1 Å². The van der Waals surface area contributed by atoms with Gasteiger partial charge in [0.2, 0.25) is 0 Å². The highest BCUT2D eigenvalue weighted by molar-refractivity contribution is 7.10. The van der Waals surface area contributed by atoms with Gasteiger partial charge in [-0.2, -0.15) is 0 Å². The Balaban J connectivity index is 2.05. The third-order valence-electron chi connectivity index (χ3n) is 3.43. The molecule has 0 saturated heterocycles. The zero-order chi connectivity index (χ0) is 16.7. The Morgan fingerprint density at radius 2 is 2.13 bits per heavy atom. The molecule has 23 heavy (non-hydrogen) atoms. The normalized spacial score (nSPS) is 11.4. The van der Waals surface area contributed by atoms with Crippen LogP contribution in [0.4, 0.5) is 5.82 Å². The molecule has 0 amide bonds. The Morgan fingerprint density at radius 3 is 2.78 bits per heavy atom. The van der Waals surface area contributed by atoms with Gasteiger partial charge in [0.15, 0.2) is 5.96 Å². The Labute approximate surface area is 142 Å². The van der Waals surface area contributed by atoms with Gasteiger partial charge in [-0.05, 0) is 36.9 Å². The second-order valence-electron chi connectivity index (χ2n) is 5.46. The van der Waals surface area contributed by atoms with E-state index < -0.39 is 0 Å². The topological polar surface area (TPSA) is 52.6 Å². The van der Waals surface area contributed by atoms with Gasteiger partial charge >= 0.3 is 0 Å². The summed E-state index contributed by atoms with van der Waals surface area (Å²) in [5.41, 5.74) is 2.43. The summed E-state index contributed by atoms with van der Waals surface area (Å²) >= 11 is 1.77. The van der Waals surface area contributed by atoms with E-state index in [1.807, 2.05) is 31.3 Å². The molecule has 2 rings (SSSR count). The zero-order valence-corrected chi connectivity index (χ0v) is 15.1. The summed E-state index contributed by atoms with van der Waals surface area (Å²) in [7, 11) is 4.00. The van der Waals surface area contributed by atoms with Crippen LogP contribution in [0.2, 0.25) is 0 Å². The summed E-state index contributed by atoms with van der Waals surface area (Å²) in [6, 6.07) is 6.16. The number of aliphatic imine (C=N–C) groups is 1. The molecule has 0 aromatic carbocycles. The van der Waals surface area contributed by atoms with Crippen LogP contribution in [0, 0.1) is 6.92 Å². The first-order valence-corrected chi connectivity index (χ1v) is 8.66. The van der Waals surface area contributed by atoms with Crippen molar-refractivity contribution in [1.29, 1.82) is 0 Å². The van der Waals surface area contributed by atoms with Crippen LogP contribution in [0.25, 0.3) is 0 Å². The first-order valence-electron chi connectivity index (χ1n) is 7.78. The number of pyridine rings is 1. The first-order chi connectivity index (χ1) is 11.1. The largest absolute Gasteiger partial charge is 0.362 e. The number of nitrogens with zero attached hydrogens (tertiary/aromatic N) is 3. The molecule has 0 aliphatic rings. The number of thiophene rings is 1. The van der Waals surface area contributed by atoms with Gasteiger partial charge in [-0.25, -0.2) is 9.98 Å². The Bertz CT molecular complexity index is 648. The smallest absolute Gasteiger partial charge is 0.191 e. The molecule has 0 radical (unpaired) electrons. The van der Waals surface area contributed by atoms with E-state index in [0.717, 1.165) is 30.4 Å². The number of rotatable bonds is 6. The molecule has 0 fully saturated rings. The average Bonchev–Trinajstić information content (AvgIpc) is 2.95. The minimum absolute atomic E-state index is 0.597. The van der Waals surface area contributed by atoms with E-state index in [2.05, 4.69) is 52.0 Å². The van der Waals surface area contributed by atoms with Crippen LogP contribution < -0.4 is 15.5 Å². The standard InChI is InChI=1S/C17H25N5S/c1-5-18-17(21-12-15-13(2)8-10-23-15)20-11-14-7-6-9-19-16(14)22(3)4/h6-10H,5,11-12H2,1-4H3,(H2,18,20,21). The van der Waals surface area contributed by atoms with Gasteiger partial charge in [-0.3, -0.25) is 0 Å². The maximum atomic E-state index is 4.69. The highest BCUT2D eigenvalue weighted by atomic mass is 32.1. The number of aryl methyl sites for hydroxylation is 1. The van der Waals surface area contributed by atoms with Gasteiger partial charge in [-0.15, -0.1) is 11.3 Å². The monoisotopic (exact) mass is 331 g/mol. The summed E-state index contributed by atoms with van der Waals surface area (Å²) in [6.07, 6.45) is 1.81. The fourth-order valence-corrected chi connectivity index (χ4v) is 3.06. The molecule has 0 aliphatic heterocycles. The molecule has 2 aromatic rings. The van der Waals surface area contributed by atoms with Crippen molar-refractivity contribution in [1.82, 2.24) is 15.6 Å². The molecule has 0 aliphatic carbocycles. The number of aromatic nitrogens is 1. The lowest BCUT2D eigenvalue weighted by Gasteiger charge is -2.15. The highest BCUT2D eigenvalue weighted by Crippen LogP contribution is 2.16. The van der Waals surface area contributed by atoms with Gasteiger partial charge in [0.1, 0.15) is 5.82 Å². The molecule has 5 nitrogen and oxygen atoms in total. The summed E-state index contributed by atoms with van der Waals surface area (Å²) in [6.45, 7) is 6.44. The minimum atomic E-state index is 0.597. The third kappa shape index (κ3) is 4.96. The second-order valence-corrected chi connectivity index (χ2v) is 6.46. The Morgan fingerprint density at radius 1 is 1.30 bits per heavy atom. The van der Waals surface area contributed by atoms with Gasteiger partial charge in [-0.1, -0.05) is 6.07 Å². The quantitative estimate of drug-likeness (QED) is 0.631. The van der Waals surface area contributed by atoms with Crippen LogP contribution in [0.5, 0.6) is 0 Å². The van der Waals surface area contributed by atoms with E-state index in [-0.39, 0.29) is 0 Å². The van der Waals surface area contributed by atoms with Crippen molar-refractivity contribution in [2.45, 2.75) is 26.9 Å². The number of nitrogens with one attached hydrogen (secondary N) is 2. The molecule has 0 atom stereocenters. The van der Waals surface area contributed by atoms with Crippen molar-refractivity contribution in [2.24, 2.45) is 4.99 Å². The van der Waals surface area contributed by atoms with Gasteiger partial charge < -0.3 is 15.5 Å². The highest BCUT2D eigenvalue weighted by Gasteiger charge is 2.06. The van der Waals surface area contributed by atoms with Crippen LogP contribution >= 0.6 is 11.3 Å². The molecule has 2 heterocycles. The fraction of sp³-hybridized carbons (Fsp3) is 0.412. The predicted molar refractivity (Wildman–Crippen MR) is 99.3 cm³/mol. The number of guanidine groups is 1. The van der Waals surface area contributed by atoms with Crippen molar-refractivity contribution < 1.29 is 0 Å². The van der Waals surface area contributed by atoms with Crippen LogP contribution in [-0.4, -0.2) is 31.6 Å².